The van der Waals surface area contributed by atoms with Crippen molar-refractivity contribution in [3.05, 3.63) is 0 Å². The van der Waals surface area contributed by atoms with E-state index in [0.717, 1.165) is 39.0 Å². The zero-order valence-corrected chi connectivity index (χ0v) is 11.3. The van der Waals surface area contributed by atoms with E-state index in [1.54, 1.807) is 7.11 Å². The molecule has 0 amide bonds. The Bertz CT molecular complexity index is 225. The van der Waals surface area contributed by atoms with Crippen molar-refractivity contribution in [3.8, 4) is 0 Å². The van der Waals surface area contributed by atoms with Crippen molar-refractivity contribution in [1.82, 2.24) is 4.90 Å². The summed E-state index contributed by atoms with van der Waals surface area (Å²) in [6.07, 6.45) is 3.06. The van der Waals surface area contributed by atoms with E-state index >= 15 is 0 Å². The van der Waals surface area contributed by atoms with Crippen LogP contribution >= 0.6 is 0 Å². The van der Waals surface area contributed by atoms with Crippen molar-refractivity contribution in [2.75, 3.05) is 33.4 Å². The highest BCUT2D eigenvalue weighted by atomic mass is 16.5. The molecule has 1 unspecified atom stereocenters. The van der Waals surface area contributed by atoms with Gasteiger partial charge in [0.1, 0.15) is 6.04 Å². The Hall–Kier alpha value is -0.610. The number of likely N-dealkylation sites (tertiary alicyclic amines) is 1. The molecule has 0 bridgehead atoms. The van der Waals surface area contributed by atoms with Gasteiger partial charge in [-0.25, -0.2) is 0 Å². The van der Waals surface area contributed by atoms with Gasteiger partial charge in [-0.05, 0) is 45.2 Å². The van der Waals surface area contributed by atoms with Gasteiger partial charge >= 0.3 is 5.97 Å². The van der Waals surface area contributed by atoms with Gasteiger partial charge in [0.05, 0.1) is 6.61 Å². The number of piperidine rings is 1. The lowest BCUT2D eigenvalue weighted by Gasteiger charge is -2.35. The average Bonchev–Trinajstić information content (AvgIpc) is 2.33. The zero-order valence-electron chi connectivity index (χ0n) is 11.3. The van der Waals surface area contributed by atoms with Gasteiger partial charge in [-0.3, -0.25) is 9.69 Å². The number of carbonyl (C=O) groups excluding carboxylic acids is 1. The molecule has 0 saturated carbocycles. The second-order valence-corrected chi connectivity index (χ2v) is 4.61. The van der Waals surface area contributed by atoms with Crippen LogP contribution in [-0.2, 0) is 14.3 Å². The summed E-state index contributed by atoms with van der Waals surface area (Å²) >= 11 is 0. The maximum absolute atomic E-state index is 11.8. The molecule has 1 rings (SSSR count). The summed E-state index contributed by atoms with van der Waals surface area (Å²) in [5.74, 6) is 0.580. The molecule has 4 nitrogen and oxygen atoms in total. The Balaban J connectivity index is 2.42. The standard InChI is InChI=1S/C13H25NO3/c1-4-12(13(15)17-5-2)14-8-6-11(7-9-14)10-16-3/h11-12H,4-10H2,1-3H3. The first kappa shape index (κ1) is 14.5. The number of hydrogen-bond donors (Lipinski definition) is 0. The van der Waals surface area contributed by atoms with E-state index in [1.165, 1.54) is 0 Å². The third-order valence-corrected chi connectivity index (χ3v) is 3.44. The van der Waals surface area contributed by atoms with Crippen molar-refractivity contribution in [1.29, 1.82) is 0 Å². The van der Waals surface area contributed by atoms with E-state index in [1.807, 2.05) is 13.8 Å². The molecule has 4 heteroatoms. The molecular formula is C13H25NO3. The Morgan fingerprint density at radius 2 is 2.00 bits per heavy atom. The van der Waals surface area contributed by atoms with Crippen LogP contribution in [0.2, 0.25) is 0 Å². The molecule has 17 heavy (non-hydrogen) atoms. The van der Waals surface area contributed by atoms with Crippen LogP contribution in [0.25, 0.3) is 0 Å². The third kappa shape index (κ3) is 4.28. The molecule has 0 aromatic heterocycles. The lowest BCUT2D eigenvalue weighted by molar-refractivity contribution is -0.150. The largest absolute Gasteiger partial charge is 0.465 e. The normalized spacial score (nSPS) is 20.2. The Morgan fingerprint density at radius 3 is 2.47 bits per heavy atom. The van der Waals surface area contributed by atoms with E-state index in [4.69, 9.17) is 9.47 Å². The molecule has 0 aromatic carbocycles. The quantitative estimate of drug-likeness (QED) is 0.665. The third-order valence-electron chi connectivity index (χ3n) is 3.44. The second-order valence-electron chi connectivity index (χ2n) is 4.61. The highest BCUT2D eigenvalue weighted by Gasteiger charge is 2.29. The second kappa shape index (κ2) is 7.67. The minimum absolute atomic E-state index is 0.0570. The summed E-state index contributed by atoms with van der Waals surface area (Å²) in [4.78, 5) is 14.0. The number of hydrogen-bond acceptors (Lipinski definition) is 4. The van der Waals surface area contributed by atoms with Crippen LogP contribution in [0.15, 0.2) is 0 Å². The van der Waals surface area contributed by atoms with Crippen LogP contribution < -0.4 is 0 Å². The average molecular weight is 243 g/mol. The lowest BCUT2D eigenvalue weighted by atomic mass is 9.96. The highest BCUT2D eigenvalue weighted by molar-refractivity contribution is 5.75. The number of nitrogens with zero attached hydrogens (tertiary/aromatic N) is 1. The smallest absolute Gasteiger partial charge is 0.323 e. The number of rotatable bonds is 6. The number of carbonyl (C=O) groups is 1. The minimum atomic E-state index is -0.0693. The fourth-order valence-electron chi connectivity index (χ4n) is 2.48. The van der Waals surface area contributed by atoms with E-state index in [-0.39, 0.29) is 12.0 Å². The molecule has 1 aliphatic rings. The van der Waals surface area contributed by atoms with Crippen LogP contribution in [0.3, 0.4) is 0 Å². The van der Waals surface area contributed by atoms with Crippen molar-refractivity contribution in [3.63, 3.8) is 0 Å². The molecule has 0 spiro atoms. The molecule has 1 saturated heterocycles. The van der Waals surface area contributed by atoms with Gasteiger partial charge in [-0.2, -0.15) is 0 Å². The number of esters is 1. The van der Waals surface area contributed by atoms with Gasteiger partial charge in [0, 0.05) is 13.7 Å². The summed E-state index contributed by atoms with van der Waals surface area (Å²) in [5, 5.41) is 0. The van der Waals surface area contributed by atoms with Gasteiger partial charge in [0.2, 0.25) is 0 Å². The molecule has 100 valence electrons. The van der Waals surface area contributed by atoms with Crippen LogP contribution in [0, 0.1) is 5.92 Å². The van der Waals surface area contributed by atoms with E-state index in [0.29, 0.717) is 12.5 Å². The maximum atomic E-state index is 11.8. The molecule has 0 N–H and O–H groups in total. The number of methoxy groups -OCH3 is 1. The minimum Gasteiger partial charge on any atom is -0.465 e. The first-order valence-corrected chi connectivity index (χ1v) is 6.62. The molecule has 1 fully saturated rings. The first-order valence-electron chi connectivity index (χ1n) is 6.62. The van der Waals surface area contributed by atoms with Crippen molar-refractivity contribution < 1.29 is 14.3 Å². The van der Waals surface area contributed by atoms with E-state index in [2.05, 4.69) is 4.90 Å². The van der Waals surface area contributed by atoms with Crippen molar-refractivity contribution >= 4 is 5.97 Å². The summed E-state index contributed by atoms with van der Waals surface area (Å²) < 4.78 is 10.3. The van der Waals surface area contributed by atoms with Gasteiger partial charge in [-0.1, -0.05) is 6.92 Å². The van der Waals surface area contributed by atoms with Crippen molar-refractivity contribution in [2.24, 2.45) is 5.92 Å². The summed E-state index contributed by atoms with van der Waals surface area (Å²) in [7, 11) is 1.75. The molecule has 0 aromatic rings. The highest BCUT2D eigenvalue weighted by Crippen LogP contribution is 2.20. The Labute approximate surface area is 104 Å². The predicted molar refractivity (Wildman–Crippen MR) is 66.9 cm³/mol. The Morgan fingerprint density at radius 1 is 1.35 bits per heavy atom. The van der Waals surface area contributed by atoms with Crippen LogP contribution in [0.5, 0.6) is 0 Å². The molecule has 1 aliphatic heterocycles. The first-order chi connectivity index (χ1) is 8.22. The van der Waals surface area contributed by atoms with Gasteiger partial charge in [0.25, 0.3) is 0 Å². The maximum Gasteiger partial charge on any atom is 0.323 e. The van der Waals surface area contributed by atoms with Gasteiger partial charge in [0.15, 0.2) is 0 Å². The molecule has 1 heterocycles. The molecule has 0 radical (unpaired) electrons. The van der Waals surface area contributed by atoms with E-state index < -0.39 is 0 Å². The predicted octanol–water partition coefficient (Wildman–Crippen LogP) is 1.69. The summed E-state index contributed by atoms with van der Waals surface area (Å²) in [6, 6.07) is -0.0570. The van der Waals surface area contributed by atoms with Gasteiger partial charge in [-0.15, -0.1) is 0 Å². The summed E-state index contributed by atoms with van der Waals surface area (Å²) in [6.45, 7) is 7.16. The van der Waals surface area contributed by atoms with Crippen LogP contribution in [0.4, 0.5) is 0 Å². The van der Waals surface area contributed by atoms with E-state index in [9.17, 15) is 4.79 Å². The Kier molecular flexibility index (Phi) is 6.52. The molecule has 0 aliphatic carbocycles. The molecule has 1 atom stereocenters. The fraction of sp³-hybridized carbons (Fsp3) is 0.923. The zero-order chi connectivity index (χ0) is 12.7. The van der Waals surface area contributed by atoms with Crippen LogP contribution in [0.1, 0.15) is 33.1 Å². The monoisotopic (exact) mass is 243 g/mol. The lowest BCUT2D eigenvalue weighted by Crippen LogP contribution is -2.46. The summed E-state index contributed by atoms with van der Waals surface area (Å²) in [5.41, 5.74) is 0. The van der Waals surface area contributed by atoms with Gasteiger partial charge < -0.3 is 9.47 Å². The fourth-order valence-corrected chi connectivity index (χ4v) is 2.48. The number of ether oxygens (including phenoxy) is 2. The van der Waals surface area contributed by atoms with Crippen molar-refractivity contribution in [2.45, 2.75) is 39.2 Å². The molecular weight excluding hydrogens is 218 g/mol. The van der Waals surface area contributed by atoms with Crippen LogP contribution in [-0.4, -0.2) is 50.3 Å². The topological polar surface area (TPSA) is 38.8 Å². The SMILES string of the molecule is CCOC(=O)C(CC)N1CCC(COC)CC1.